The van der Waals surface area contributed by atoms with Gasteiger partial charge in [0, 0.05) is 17.8 Å². The second-order valence-corrected chi connectivity index (χ2v) is 10.3. The van der Waals surface area contributed by atoms with Crippen molar-refractivity contribution in [2.45, 2.75) is 32.2 Å². The first-order chi connectivity index (χ1) is 15.7. The van der Waals surface area contributed by atoms with E-state index in [1.54, 1.807) is 12.1 Å². The van der Waals surface area contributed by atoms with Gasteiger partial charge in [-0.05, 0) is 86.5 Å². The highest BCUT2D eigenvalue weighted by Crippen LogP contribution is 2.22. The summed E-state index contributed by atoms with van der Waals surface area (Å²) < 4.78 is 43.7. The molecule has 0 unspecified atom stereocenters. The zero-order chi connectivity index (χ0) is 23.8. The molecule has 0 aliphatic rings. The second-order valence-electron chi connectivity index (χ2n) is 7.59. The van der Waals surface area contributed by atoms with E-state index in [-0.39, 0.29) is 16.1 Å². The maximum Gasteiger partial charge on any atom is 0.279 e. The van der Waals surface area contributed by atoms with Crippen LogP contribution in [0.5, 0.6) is 0 Å². The summed E-state index contributed by atoms with van der Waals surface area (Å²) in [6.45, 7) is 6.75. The van der Waals surface area contributed by atoms with Crippen LogP contribution >= 0.6 is 11.3 Å². The van der Waals surface area contributed by atoms with Crippen LogP contribution in [0.15, 0.2) is 70.6 Å². The van der Waals surface area contributed by atoms with Crippen LogP contribution in [0, 0.1) is 19.7 Å². The molecule has 1 N–H and O–H groups in total. The fourth-order valence-electron chi connectivity index (χ4n) is 3.41. The van der Waals surface area contributed by atoms with Gasteiger partial charge in [0.15, 0.2) is 4.80 Å². The number of halogens is 1. The van der Waals surface area contributed by atoms with Crippen LogP contribution in [0.3, 0.4) is 0 Å². The third-order valence-corrected chi connectivity index (χ3v) is 7.74. The molecule has 9 heteroatoms. The number of hydrogen-bond acceptors (Lipinski definition) is 4. The monoisotopic (exact) mass is 483 g/mol. The number of carbonyl (C=O) groups is 1. The lowest BCUT2D eigenvalue weighted by Crippen LogP contribution is -2.16. The van der Waals surface area contributed by atoms with Crippen molar-refractivity contribution in [2.24, 2.45) is 4.99 Å². The Bertz CT molecular complexity index is 1540. The highest BCUT2D eigenvalue weighted by atomic mass is 32.2. The SMILES string of the molecule is CCn1c(=NC(=O)c2cccc(NS(=O)(=O)c3ccc(F)cc3)c2)sc2cc(C)c(C)cc21. The van der Waals surface area contributed by atoms with Crippen molar-refractivity contribution in [3.8, 4) is 0 Å². The highest BCUT2D eigenvalue weighted by molar-refractivity contribution is 7.92. The lowest BCUT2D eigenvalue weighted by molar-refractivity contribution is 0.0998. The van der Waals surface area contributed by atoms with E-state index in [0.717, 1.165) is 22.3 Å². The molecule has 1 amide bonds. The Balaban J connectivity index is 1.67. The number of anilines is 1. The van der Waals surface area contributed by atoms with Crippen molar-refractivity contribution in [3.05, 3.63) is 88.0 Å². The van der Waals surface area contributed by atoms with Crippen molar-refractivity contribution >= 4 is 43.2 Å². The molecule has 0 aliphatic heterocycles. The number of fused-ring (bicyclic) bond motifs is 1. The molecule has 1 aromatic heterocycles. The summed E-state index contributed by atoms with van der Waals surface area (Å²) in [5.74, 6) is -1.00. The normalized spacial score (nSPS) is 12.3. The van der Waals surface area contributed by atoms with E-state index in [0.29, 0.717) is 11.3 Å². The second kappa shape index (κ2) is 8.92. The number of carbonyl (C=O) groups excluding carboxylic acids is 1. The van der Waals surface area contributed by atoms with Crippen molar-refractivity contribution in [1.29, 1.82) is 0 Å². The zero-order valence-corrected chi connectivity index (χ0v) is 19.9. The number of aryl methyl sites for hydroxylation is 3. The van der Waals surface area contributed by atoms with Crippen LogP contribution in [0.1, 0.15) is 28.4 Å². The van der Waals surface area contributed by atoms with Crippen LogP contribution < -0.4 is 9.52 Å². The first-order valence-electron chi connectivity index (χ1n) is 10.3. The molecule has 0 fully saturated rings. The topological polar surface area (TPSA) is 80.5 Å². The molecule has 3 aromatic carbocycles. The highest BCUT2D eigenvalue weighted by Gasteiger charge is 2.16. The summed E-state index contributed by atoms with van der Waals surface area (Å²) in [6.07, 6.45) is 0. The molecule has 0 spiro atoms. The number of nitrogens with one attached hydrogen (secondary N) is 1. The zero-order valence-electron chi connectivity index (χ0n) is 18.3. The minimum atomic E-state index is -3.93. The molecule has 0 radical (unpaired) electrons. The number of hydrogen-bond donors (Lipinski definition) is 1. The fourth-order valence-corrected chi connectivity index (χ4v) is 5.63. The van der Waals surface area contributed by atoms with Gasteiger partial charge in [-0.3, -0.25) is 9.52 Å². The Morgan fingerprint density at radius 2 is 1.76 bits per heavy atom. The summed E-state index contributed by atoms with van der Waals surface area (Å²) in [5.41, 5.74) is 3.83. The van der Waals surface area contributed by atoms with E-state index in [1.807, 2.05) is 25.3 Å². The average Bonchev–Trinajstić information content (AvgIpc) is 3.09. The van der Waals surface area contributed by atoms with E-state index >= 15 is 0 Å². The molecular formula is C24H22FN3O3S2. The quantitative estimate of drug-likeness (QED) is 0.433. The summed E-state index contributed by atoms with van der Waals surface area (Å²) in [7, 11) is -3.93. The molecule has 0 saturated carbocycles. The number of rotatable bonds is 5. The molecule has 0 saturated heterocycles. The number of thiazole rings is 1. The predicted molar refractivity (Wildman–Crippen MR) is 129 cm³/mol. The van der Waals surface area contributed by atoms with Crippen molar-refractivity contribution < 1.29 is 17.6 Å². The predicted octanol–water partition coefficient (Wildman–Crippen LogP) is 5.02. The largest absolute Gasteiger partial charge is 0.317 e. The van der Waals surface area contributed by atoms with E-state index in [2.05, 4.69) is 21.8 Å². The van der Waals surface area contributed by atoms with Gasteiger partial charge in [-0.1, -0.05) is 17.4 Å². The van der Waals surface area contributed by atoms with Gasteiger partial charge in [-0.25, -0.2) is 12.8 Å². The van der Waals surface area contributed by atoms with Gasteiger partial charge >= 0.3 is 0 Å². The van der Waals surface area contributed by atoms with Gasteiger partial charge in [-0.2, -0.15) is 4.99 Å². The molecule has 0 atom stereocenters. The summed E-state index contributed by atoms with van der Waals surface area (Å²) in [4.78, 5) is 17.8. The maximum atomic E-state index is 13.1. The summed E-state index contributed by atoms with van der Waals surface area (Å²) in [6, 6.07) is 14.8. The Hall–Kier alpha value is -3.30. The molecule has 1 heterocycles. The summed E-state index contributed by atoms with van der Waals surface area (Å²) >= 11 is 1.44. The molecule has 170 valence electrons. The van der Waals surface area contributed by atoms with Crippen LogP contribution in [0.2, 0.25) is 0 Å². The van der Waals surface area contributed by atoms with Crippen molar-refractivity contribution in [3.63, 3.8) is 0 Å². The average molecular weight is 484 g/mol. The number of nitrogens with zero attached hydrogens (tertiary/aromatic N) is 2. The van der Waals surface area contributed by atoms with Gasteiger partial charge in [0.05, 0.1) is 15.1 Å². The minimum absolute atomic E-state index is 0.0785. The van der Waals surface area contributed by atoms with Crippen LogP contribution in [0.25, 0.3) is 10.2 Å². The van der Waals surface area contributed by atoms with Crippen LogP contribution in [0.4, 0.5) is 10.1 Å². The van der Waals surface area contributed by atoms with Gasteiger partial charge in [0.2, 0.25) is 0 Å². The molecule has 4 rings (SSSR count). The van der Waals surface area contributed by atoms with E-state index in [1.165, 1.54) is 46.7 Å². The van der Waals surface area contributed by atoms with E-state index in [4.69, 9.17) is 0 Å². The summed E-state index contributed by atoms with van der Waals surface area (Å²) in [5, 5.41) is 0. The molecule has 33 heavy (non-hydrogen) atoms. The molecule has 0 bridgehead atoms. The maximum absolute atomic E-state index is 13.1. The Labute approximate surface area is 195 Å². The third kappa shape index (κ3) is 4.74. The van der Waals surface area contributed by atoms with Crippen molar-refractivity contribution in [2.75, 3.05) is 4.72 Å². The van der Waals surface area contributed by atoms with E-state index in [9.17, 15) is 17.6 Å². The number of aromatic nitrogens is 1. The van der Waals surface area contributed by atoms with Gasteiger partial charge < -0.3 is 4.57 Å². The number of benzene rings is 3. The lowest BCUT2D eigenvalue weighted by Gasteiger charge is -2.09. The third-order valence-electron chi connectivity index (χ3n) is 5.30. The van der Waals surface area contributed by atoms with Gasteiger partial charge in [0.25, 0.3) is 15.9 Å². The van der Waals surface area contributed by atoms with Gasteiger partial charge in [-0.15, -0.1) is 0 Å². The van der Waals surface area contributed by atoms with Crippen LogP contribution in [-0.4, -0.2) is 18.9 Å². The molecular weight excluding hydrogens is 461 g/mol. The van der Waals surface area contributed by atoms with Crippen LogP contribution in [-0.2, 0) is 16.6 Å². The molecule has 6 nitrogen and oxygen atoms in total. The Morgan fingerprint density at radius 1 is 1.06 bits per heavy atom. The molecule has 0 aliphatic carbocycles. The van der Waals surface area contributed by atoms with Gasteiger partial charge in [0.1, 0.15) is 5.82 Å². The smallest absolute Gasteiger partial charge is 0.279 e. The first kappa shape index (κ1) is 22.9. The standard InChI is InChI=1S/C24H22FN3O3S2/c1-4-28-21-12-15(2)16(3)13-22(21)32-24(28)26-23(29)17-6-5-7-19(14-17)27-33(30,31)20-10-8-18(25)9-11-20/h5-14,27H,4H2,1-3H3. The number of sulfonamides is 1. The van der Waals surface area contributed by atoms with E-state index < -0.39 is 21.7 Å². The Kier molecular flexibility index (Phi) is 6.18. The Morgan fingerprint density at radius 3 is 2.45 bits per heavy atom. The van der Waals surface area contributed by atoms with Crippen molar-refractivity contribution in [1.82, 2.24) is 4.57 Å². The fraction of sp³-hybridized carbons (Fsp3) is 0.167. The molecule has 4 aromatic rings. The lowest BCUT2D eigenvalue weighted by atomic mass is 10.1. The minimum Gasteiger partial charge on any atom is -0.317 e. The number of amides is 1. The first-order valence-corrected chi connectivity index (χ1v) is 12.6.